The number of halogens is 1. The van der Waals surface area contributed by atoms with Crippen LogP contribution in [0.2, 0.25) is 0 Å². The summed E-state index contributed by atoms with van der Waals surface area (Å²) in [5.41, 5.74) is 1.32. The van der Waals surface area contributed by atoms with Gasteiger partial charge in [0.05, 0.1) is 0 Å². The summed E-state index contributed by atoms with van der Waals surface area (Å²) in [6.45, 7) is 1.73. The average molecular weight is 351 g/mol. The van der Waals surface area contributed by atoms with Gasteiger partial charge < -0.3 is 14.9 Å². The van der Waals surface area contributed by atoms with Gasteiger partial charge in [-0.2, -0.15) is 0 Å². The smallest absolute Gasteiger partial charge is 0.115 e. The van der Waals surface area contributed by atoms with Crippen molar-refractivity contribution in [1.29, 1.82) is 0 Å². The Hall–Kier alpha value is -1.52. The van der Waals surface area contributed by atoms with Crippen molar-refractivity contribution in [2.45, 2.75) is 18.8 Å². The molecule has 2 aromatic rings. The van der Waals surface area contributed by atoms with E-state index in [0.29, 0.717) is 17.4 Å². The minimum Gasteiger partial charge on any atom is -0.508 e. The molecule has 0 spiro atoms. The van der Waals surface area contributed by atoms with Gasteiger partial charge in [0.25, 0.3) is 0 Å². The van der Waals surface area contributed by atoms with Crippen molar-refractivity contribution in [3.05, 3.63) is 58.6 Å². The summed E-state index contributed by atoms with van der Waals surface area (Å²) < 4.78 is 6.28. The molecule has 1 fully saturated rings. The van der Waals surface area contributed by atoms with Crippen molar-refractivity contribution in [2.24, 2.45) is 0 Å². The average Bonchev–Trinajstić information content (AvgIpc) is 2.52. The Bertz CT molecular complexity index is 510. The van der Waals surface area contributed by atoms with Crippen LogP contribution < -0.4 is 0 Å². The molecular weight excluding hydrogens is 332 g/mol. The number of aromatic hydroxyl groups is 2. The Balaban J connectivity index is 0.000000173. The molecule has 112 valence electrons. The summed E-state index contributed by atoms with van der Waals surface area (Å²) >= 11 is 3.23. The zero-order valence-electron chi connectivity index (χ0n) is 11.7. The van der Waals surface area contributed by atoms with Gasteiger partial charge in [-0.1, -0.05) is 28.1 Å². The molecule has 0 aromatic heterocycles. The fourth-order valence-electron chi connectivity index (χ4n) is 2.22. The first-order valence-corrected chi connectivity index (χ1v) is 7.75. The molecule has 0 radical (unpaired) electrons. The molecule has 4 heteroatoms. The van der Waals surface area contributed by atoms with Gasteiger partial charge in [0.1, 0.15) is 11.5 Å². The van der Waals surface area contributed by atoms with Gasteiger partial charge in [-0.25, -0.2) is 0 Å². The largest absolute Gasteiger partial charge is 0.508 e. The standard InChI is InChI=1S/C11H14O2.C6H5BrO/c12-11-3-1-9(2-4-11)10-5-7-13-8-6-10;7-5-1-3-6(8)4-2-5/h1-4,10,12H,5-8H2;1-4,8H. The topological polar surface area (TPSA) is 49.7 Å². The Morgan fingerprint density at radius 1 is 0.810 bits per heavy atom. The summed E-state index contributed by atoms with van der Waals surface area (Å²) in [5, 5.41) is 17.9. The predicted molar refractivity (Wildman–Crippen MR) is 86.7 cm³/mol. The van der Waals surface area contributed by atoms with Crippen molar-refractivity contribution in [2.75, 3.05) is 13.2 Å². The fraction of sp³-hybridized carbons (Fsp3) is 0.294. The van der Waals surface area contributed by atoms with Crippen LogP contribution in [0.5, 0.6) is 11.5 Å². The fourth-order valence-corrected chi connectivity index (χ4v) is 2.48. The van der Waals surface area contributed by atoms with Gasteiger partial charge in [-0.05, 0) is 60.7 Å². The molecule has 3 rings (SSSR count). The van der Waals surface area contributed by atoms with Gasteiger partial charge in [-0.15, -0.1) is 0 Å². The Labute approximate surface area is 133 Å². The zero-order valence-corrected chi connectivity index (χ0v) is 13.3. The van der Waals surface area contributed by atoms with Crippen LogP contribution >= 0.6 is 15.9 Å². The summed E-state index contributed by atoms with van der Waals surface area (Å²) in [4.78, 5) is 0. The molecule has 0 amide bonds. The van der Waals surface area contributed by atoms with Gasteiger partial charge in [0, 0.05) is 17.7 Å². The van der Waals surface area contributed by atoms with Crippen molar-refractivity contribution < 1.29 is 14.9 Å². The molecule has 2 aromatic carbocycles. The van der Waals surface area contributed by atoms with E-state index in [2.05, 4.69) is 15.9 Å². The summed E-state index contributed by atoms with van der Waals surface area (Å²) in [6, 6.07) is 14.4. The van der Waals surface area contributed by atoms with Gasteiger partial charge in [0.15, 0.2) is 0 Å². The predicted octanol–water partition coefficient (Wildman–Crippen LogP) is 4.44. The lowest BCUT2D eigenvalue weighted by Gasteiger charge is -2.22. The molecule has 21 heavy (non-hydrogen) atoms. The molecule has 0 aliphatic carbocycles. The van der Waals surface area contributed by atoms with E-state index in [0.717, 1.165) is 30.5 Å². The molecule has 1 heterocycles. The Morgan fingerprint density at radius 2 is 1.29 bits per heavy atom. The third kappa shape index (κ3) is 5.40. The lowest BCUT2D eigenvalue weighted by molar-refractivity contribution is 0.0853. The molecule has 0 bridgehead atoms. The van der Waals surface area contributed by atoms with Crippen LogP contribution in [0.25, 0.3) is 0 Å². The van der Waals surface area contributed by atoms with Crippen molar-refractivity contribution in [1.82, 2.24) is 0 Å². The van der Waals surface area contributed by atoms with Crippen molar-refractivity contribution in [3.63, 3.8) is 0 Å². The van der Waals surface area contributed by atoms with E-state index in [1.165, 1.54) is 5.56 Å². The zero-order chi connectivity index (χ0) is 15.1. The summed E-state index contributed by atoms with van der Waals surface area (Å²) in [5.74, 6) is 1.26. The third-order valence-corrected chi connectivity index (χ3v) is 3.94. The minimum atomic E-state index is 0.299. The van der Waals surface area contributed by atoms with Crippen LogP contribution in [0.4, 0.5) is 0 Å². The molecule has 0 unspecified atom stereocenters. The third-order valence-electron chi connectivity index (χ3n) is 3.41. The second kappa shape index (κ2) is 8.05. The van der Waals surface area contributed by atoms with Crippen LogP contribution in [-0.2, 0) is 4.74 Å². The maximum atomic E-state index is 9.13. The van der Waals surface area contributed by atoms with E-state index >= 15 is 0 Å². The SMILES string of the molecule is Oc1ccc(Br)cc1.Oc1ccc(C2CCOCC2)cc1. The number of benzene rings is 2. The lowest BCUT2D eigenvalue weighted by atomic mass is 9.92. The van der Waals surface area contributed by atoms with Gasteiger partial charge >= 0.3 is 0 Å². The van der Waals surface area contributed by atoms with Gasteiger partial charge in [0.2, 0.25) is 0 Å². The Kier molecular flexibility index (Phi) is 6.08. The minimum absolute atomic E-state index is 0.299. The van der Waals surface area contributed by atoms with E-state index in [4.69, 9.17) is 14.9 Å². The normalized spacial score (nSPS) is 15.1. The molecule has 2 N–H and O–H groups in total. The summed E-state index contributed by atoms with van der Waals surface area (Å²) in [7, 11) is 0. The van der Waals surface area contributed by atoms with Crippen LogP contribution in [-0.4, -0.2) is 23.4 Å². The molecular formula is C17H19BrO3. The highest BCUT2D eigenvalue weighted by Gasteiger charge is 2.15. The number of ether oxygens (including phenoxy) is 1. The number of rotatable bonds is 1. The monoisotopic (exact) mass is 350 g/mol. The molecule has 0 atom stereocenters. The molecule has 0 saturated carbocycles. The highest BCUT2D eigenvalue weighted by molar-refractivity contribution is 9.10. The van der Waals surface area contributed by atoms with Crippen molar-refractivity contribution in [3.8, 4) is 11.5 Å². The highest BCUT2D eigenvalue weighted by atomic mass is 79.9. The first kappa shape index (κ1) is 15.9. The maximum absolute atomic E-state index is 9.13. The maximum Gasteiger partial charge on any atom is 0.115 e. The quantitative estimate of drug-likeness (QED) is 0.799. The van der Waals surface area contributed by atoms with Gasteiger partial charge in [-0.3, -0.25) is 0 Å². The second-order valence-corrected chi connectivity index (χ2v) is 5.87. The number of hydrogen-bond acceptors (Lipinski definition) is 3. The van der Waals surface area contributed by atoms with E-state index in [-0.39, 0.29) is 0 Å². The Morgan fingerprint density at radius 3 is 1.76 bits per heavy atom. The van der Waals surface area contributed by atoms with E-state index in [9.17, 15) is 0 Å². The molecule has 1 aliphatic heterocycles. The molecule has 1 saturated heterocycles. The first-order chi connectivity index (χ1) is 10.1. The van der Waals surface area contributed by atoms with E-state index in [1.54, 1.807) is 36.4 Å². The number of hydrogen-bond donors (Lipinski definition) is 2. The lowest BCUT2D eigenvalue weighted by Crippen LogP contribution is -2.13. The highest BCUT2D eigenvalue weighted by Crippen LogP contribution is 2.27. The van der Waals surface area contributed by atoms with Crippen LogP contribution in [0.3, 0.4) is 0 Å². The van der Waals surface area contributed by atoms with E-state index < -0.39 is 0 Å². The van der Waals surface area contributed by atoms with Crippen molar-refractivity contribution >= 4 is 15.9 Å². The molecule has 3 nitrogen and oxygen atoms in total. The van der Waals surface area contributed by atoms with Crippen LogP contribution in [0, 0.1) is 0 Å². The van der Waals surface area contributed by atoms with Crippen LogP contribution in [0.15, 0.2) is 53.0 Å². The number of phenolic OH excluding ortho intramolecular Hbond substituents is 2. The summed E-state index contributed by atoms with van der Waals surface area (Å²) in [6.07, 6.45) is 2.20. The van der Waals surface area contributed by atoms with E-state index in [1.807, 2.05) is 12.1 Å². The van der Waals surface area contributed by atoms with Crippen LogP contribution in [0.1, 0.15) is 24.3 Å². The molecule has 1 aliphatic rings. The number of phenols is 2. The second-order valence-electron chi connectivity index (χ2n) is 4.95. The first-order valence-electron chi connectivity index (χ1n) is 6.96.